The van der Waals surface area contributed by atoms with Crippen molar-refractivity contribution >= 4 is 11.3 Å². The Morgan fingerprint density at radius 3 is 2.94 bits per heavy atom. The van der Waals surface area contributed by atoms with E-state index in [2.05, 4.69) is 48.3 Å². The second kappa shape index (κ2) is 6.11. The molecule has 0 radical (unpaired) electrons. The fraction of sp³-hybridized carbons (Fsp3) is 0.538. The van der Waals surface area contributed by atoms with E-state index < -0.39 is 0 Å². The van der Waals surface area contributed by atoms with E-state index in [4.69, 9.17) is 0 Å². The molecule has 0 aromatic carbocycles. The molecule has 18 heavy (non-hydrogen) atoms. The van der Waals surface area contributed by atoms with E-state index in [0.717, 1.165) is 25.3 Å². The lowest BCUT2D eigenvalue weighted by Gasteiger charge is -2.12. The van der Waals surface area contributed by atoms with Crippen LogP contribution in [0.4, 0.5) is 0 Å². The molecule has 0 aliphatic rings. The zero-order valence-electron chi connectivity index (χ0n) is 11.2. The van der Waals surface area contributed by atoms with Crippen LogP contribution in [0.1, 0.15) is 41.9 Å². The van der Waals surface area contributed by atoms with Gasteiger partial charge in [-0.2, -0.15) is 5.10 Å². The second-order valence-electron chi connectivity index (χ2n) is 4.45. The minimum Gasteiger partial charge on any atom is -0.302 e. The van der Waals surface area contributed by atoms with Gasteiger partial charge in [-0.3, -0.25) is 0 Å². The number of hydrogen-bond donors (Lipinski definition) is 1. The third kappa shape index (κ3) is 3.17. The van der Waals surface area contributed by atoms with Gasteiger partial charge >= 0.3 is 0 Å². The van der Waals surface area contributed by atoms with E-state index in [-0.39, 0.29) is 0 Å². The molecule has 5 heteroatoms. The van der Waals surface area contributed by atoms with Crippen LogP contribution in [0.2, 0.25) is 0 Å². The third-order valence-electron chi connectivity index (χ3n) is 2.89. The molecule has 2 aromatic heterocycles. The first kappa shape index (κ1) is 13.2. The summed E-state index contributed by atoms with van der Waals surface area (Å²) >= 11 is 1.84. The van der Waals surface area contributed by atoms with Crippen LogP contribution < -0.4 is 5.32 Å². The number of thiophene rings is 1. The summed E-state index contributed by atoms with van der Waals surface area (Å²) in [5.74, 6) is 1.01. The molecule has 0 aliphatic carbocycles. The molecular formula is C13H20N4S. The summed E-state index contributed by atoms with van der Waals surface area (Å²) in [6.07, 6.45) is 2.71. The first-order valence-corrected chi connectivity index (χ1v) is 7.18. The maximum absolute atomic E-state index is 4.30. The number of hydrogen-bond acceptors (Lipinski definition) is 4. The molecule has 2 rings (SSSR count). The Bertz CT molecular complexity index is 489. The van der Waals surface area contributed by atoms with Crippen molar-refractivity contribution in [3.05, 3.63) is 34.0 Å². The fourth-order valence-electron chi connectivity index (χ4n) is 1.85. The summed E-state index contributed by atoms with van der Waals surface area (Å²) in [7, 11) is 0. The van der Waals surface area contributed by atoms with Gasteiger partial charge < -0.3 is 5.32 Å². The van der Waals surface area contributed by atoms with Crippen molar-refractivity contribution in [3.8, 4) is 0 Å². The Labute approximate surface area is 112 Å². The van der Waals surface area contributed by atoms with Crippen molar-refractivity contribution in [2.45, 2.75) is 46.3 Å². The van der Waals surface area contributed by atoms with Crippen LogP contribution >= 0.6 is 11.3 Å². The minimum absolute atomic E-state index is 0.357. The summed E-state index contributed by atoms with van der Waals surface area (Å²) < 4.78 is 1.97. The molecule has 2 aromatic rings. The van der Waals surface area contributed by atoms with Crippen molar-refractivity contribution in [1.29, 1.82) is 0 Å². The number of aryl methyl sites for hydroxylation is 2. The molecule has 2 heterocycles. The van der Waals surface area contributed by atoms with Gasteiger partial charge in [-0.25, -0.2) is 9.67 Å². The average molecular weight is 264 g/mol. The van der Waals surface area contributed by atoms with E-state index in [0.29, 0.717) is 6.04 Å². The maximum atomic E-state index is 4.30. The van der Waals surface area contributed by atoms with E-state index in [1.165, 1.54) is 9.75 Å². The zero-order chi connectivity index (χ0) is 13.0. The van der Waals surface area contributed by atoms with Crippen LogP contribution in [0.5, 0.6) is 0 Å². The van der Waals surface area contributed by atoms with Crippen LogP contribution in [-0.4, -0.2) is 14.8 Å². The van der Waals surface area contributed by atoms with E-state index in [1.54, 1.807) is 6.33 Å². The van der Waals surface area contributed by atoms with Gasteiger partial charge in [0.15, 0.2) is 0 Å². The molecule has 4 nitrogen and oxygen atoms in total. The molecule has 0 spiro atoms. The number of rotatable bonds is 6. The molecule has 0 amide bonds. The predicted molar refractivity (Wildman–Crippen MR) is 74.6 cm³/mol. The second-order valence-corrected chi connectivity index (χ2v) is 5.77. The van der Waals surface area contributed by atoms with Crippen LogP contribution in [0.3, 0.4) is 0 Å². The van der Waals surface area contributed by atoms with Crippen molar-refractivity contribution in [1.82, 2.24) is 20.1 Å². The lowest BCUT2D eigenvalue weighted by molar-refractivity contribution is 0.512. The molecule has 1 N–H and O–H groups in total. The van der Waals surface area contributed by atoms with Gasteiger partial charge in [0.25, 0.3) is 0 Å². The molecule has 0 fully saturated rings. The third-order valence-corrected chi connectivity index (χ3v) is 4.07. The number of nitrogens with zero attached hydrogens (tertiary/aromatic N) is 3. The smallest absolute Gasteiger partial charge is 0.140 e. The van der Waals surface area contributed by atoms with Crippen LogP contribution in [0, 0.1) is 6.92 Å². The Morgan fingerprint density at radius 2 is 2.28 bits per heavy atom. The van der Waals surface area contributed by atoms with Gasteiger partial charge in [0.05, 0.1) is 6.54 Å². The topological polar surface area (TPSA) is 42.7 Å². The summed E-state index contributed by atoms with van der Waals surface area (Å²) in [5, 5.41) is 7.73. The highest BCUT2D eigenvalue weighted by Gasteiger charge is 2.09. The van der Waals surface area contributed by atoms with Gasteiger partial charge in [-0.05, 0) is 32.4 Å². The Hall–Kier alpha value is -1.20. The van der Waals surface area contributed by atoms with Crippen molar-refractivity contribution < 1.29 is 0 Å². The summed E-state index contributed by atoms with van der Waals surface area (Å²) in [4.78, 5) is 7.02. The van der Waals surface area contributed by atoms with E-state index in [9.17, 15) is 0 Å². The Morgan fingerprint density at radius 1 is 1.44 bits per heavy atom. The van der Waals surface area contributed by atoms with Crippen molar-refractivity contribution in [2.24, 2.45) is 0 Å². The minimum atomic E-state index is 0.357. The van der Waals surface area contributed by atoms with Gasteiger partial charge in [0.1, 0.15) is 12.2 Å². The fourth-order valence-corrected chi connectivity index (χ4v) is 2.76. The highest BCUT2D eigenvalue weighted by Crippen LogP contribution is 2.22. The molecule has 1 atom stereocenters. The zero-order valence-corrected chi connectivity index (χ0v) is 12.0. The largest absolute Gasteiger partial charge is 0.302 e. The monoisotopic (exact) mass is 264 g/mol. The SMILES string of the molecule is CCCn1ncnc1CNC(C)c1ccc(C)s1. The van der Waals surface area contributed by atoms with Crippen LogP contribution in [-0.2, 0) is 13.1 Å². The van der Waals surface area contributed by atoms with Crippen LogP contribution in [0.15, 0.2) is 18.5 Å². The standard InChI is InChI=1S/C13H20N4S/c1-4-7-17-13(15-9-16-17)8-14-11(3)12-6-5-10(2)18-12/h5-6,9,11,14H,4,7-8H2,1-3H3. The highest BCUT2D eigenvalue weighted by molar-refractivity contribution is 7.12. The average Bonchev–Trinajstić information content (AvgIpc) is 2.96. The molecule has 0 saturated heterocycles. The number of aromatic nitrogens is 3. The van der Waals surface area contributed by atoms with Gasteiger partial charge in [-0.15, -0.1) is 11.3 Å². The summed E-state index contributed by atoms with van der Waals surface area (Å²) in [6.45, 7) is 8.17. The summed E-state index contributed by atoms with van der Waals surface area (Å²) in [5.41, 5.74) is 0. The maximum Gasteiger partial charge on any atom is 0.140 e. The van der Waals surface area contributed by atoms with E-state index >= 15 is 0 Å². The van der Waals surface area contributed by atoms with Crippen molar-refractivity contribution in [2.75, 3.05) is 0 Å². The van der Waals surface area contributed by atoms with Gasteiger partial charge in [0.2, 0.25) is 0 Å². The lowest BCUT2D eigenvalue weighted by atomic mass is 10.2. The molecule has 0 saturated carbocycles. The van der Waals surface area contributed by atoms with E-state index in [1.807, 2.05) is 16.0 Å². The normalized spacial score (nSPS) is 12.8. The number of nitrogens with one attached hydrogen (secondary N) is 1. The summed E-state index contributed by atoms with van der Waals surface area (Å²) in [6, 6.07) is 4.71. The van der Waals surface area contributed by atoms with Gasteiger partial charge in [0, 0.05) is 22.3 Å². The predicted octanol–water partition coefficient (Wildman–Crippen LogP) is 2.91. The Balaban J connectivity index is 1.92. The molecule has 0 aliphatic heterocycles. The van der Waals surface area contributed by atoms with Crippen molar-refractivity contribution in [3.63, 3.8) is 0 Å². The first-order chi connectivity index (χ1) is 8.70. The van der Waals surface area contributed by atoms with Crippen LogP contribution in [0.25, 0.3) is 0 Å². The molecular weight excluding hydrogens is 244 g/mol. The molecule has 1 unspecified atom stereocenters. The first-order valence-electron chi connectivity index (χ1n) is 6.37. The van der Waals surface area contributed by atoms with Gasteiger partial charge in [-0.1, -0.05) is 6.92 Å². The lowest BCUT2D eigenvalue weighted by Crippen LogP contribution is -2.20. The molecule has 0 bridgehead atoms. The quantitative estimate of drug-likeness (QED) is 0.872. The Kier molecular flexibility index (Phi) is 4.49. The molecule has 98 valence electrons. The highest BCUT2D eigenvalue weighted by atomic mass is 32.1.